The Morgan fingerprint density at radius 2 is 1.74 bits per heavy atom. The first-order valence-electron chi connectivity index (χ1n) is 8.67. The molecule has 4 saturated carbocycles. The van der Waals surface area contributed by atoms with E-state index in [-0.39, 0.29) is 16.6 Å². The minimum atomic E-state index is -0.199. The predicted octanol–water partition coefficient (Wildman–Crippen LogP) is 3.11. The van der Waals surface area contributed by atoms with E-state index >= 15 is 0 Å². The summed E-state index contributed by atoms with van der Waals surface area (Å²) in [5.41, 5.74) is 0.134. The molecule has 0 aliphatic heterocycles. The summed E-state index contributed by atoms with van der Waals surface area (Å²) in [4.78, 5) is 13.6. The van der Waals surface area contributed by atoms with Crippen LogP contribution in [0.3, 0.4) is 0 Å². The largest absolute Gasteiger partial charge is 0.415 e. The molecule has 1 aromatic heterocycles. The smallest absolute Gasteiger partial charge is 0.277 e. The monoisotopic (exact) mass is 335 g/mol. The van der Waals surface area contributed by atoms with Gasteiger partial charge in [0.2, 0.25) is 11.8 Å². The highest BCUT2D eigenvalue weighted by atomic mass is 32.2. The fraction of sp³-hybridized carbons (Fsp3) is 0.824. The van der Waals surface area contributed by atoms with Crippen LogP contribution in [0.1, 0.15) is 51.3 Å². The lowest BCUT2D eigenvalue weighted by molar-refractivity contribution is -0.127. The quantitative estimate of drug-likeness (QED) is 0.791. The molecule has 0 aromatic carbocycles. The molecular formula is C17H25N3O2S. The fourth-order valence-corrected chi connectivity index (χ4v) is 6.24. The van der Waals surface area contributed by atoms with Gasteiger partial charge in [-0.15, -0.1) is 10.2 Å². The van der Waals surface area contributed by atoms with Crippen LogP contribution in [0.4, 0.5) is 0 Å². The van der Waals surface area contributed by atoms with Crippen LogP contribution in [0.25, 0.3) is 0 Å². The molecule has 126 valence electrons. The van der Waals surface area contributed by atoms with E-state index in [0.29, 0.717) is 5.22 Å². The number of aromatic nitrogens is 2. The first-order chi connectivity index (χ1) is 10.9. The maximum atomic E-state index is 12.0. The van der Waals surface area contributed by atoms with Gasteiger partial charge in [0, 0.05) is 19.5 Å². The van der Waals surface area contributed by atoms with E-state index in [2.05, 4.69) is 10.2 Å². The zero-order valence-electron chi connectivity index (χ0n) is 14.1. The van der Waals surface area contributed by atoms with E-state index in [1.807, 2.05) is 6.92 Å². The van der Waals surface area contributed by atoms with Crippen LogP contribution < -0.4 is 0 Å². The molecule has 0 unspecified atom stereocenters. The summed E-state index contributed by atoms with van der Waals surface area (Å²) in [5, 5.41) is 8.97. The van der Waals surface area contributed by atoms with Crippen molar-refractivity contribution in [2.75, 3.05) is 14.1 Å². The average Bonchev–Trinajstić information content (AvgIpc) is 2.94. The Morgan fingerprint density at radius 3 is 2.26 bits per heavy atom. The van der Waals surface area contributed by atoms with Crippen molar-refractivity contribution in [3.8, 4) is 0 Å². The number of carbonyl (C=O) groups is 1. The molecule has 23 heavy (non-hydrogen) atoms. The molecule has 4 fully saturated rings. The van der Waals surface area contributed by atoms with Gasteiger partial charge in [-0.25, -0.2) is 0 Å². The molecule has 0 radical (unpaired) electrons. The van der Waals surface area contributed by atoms with E-state index in [0.717, 1.165) is 23.6 Å². The Balaban J connectivity index is 1.51. The normalized spacial score (nSPS) is 36.2. The van der Waals surface area contributed by atoms with Gasteiger partial charge in [-0.2, -0.15) is 0 Å². The molecule has 1 atom stereocenters. The van der Waals surface area contributed by atoms with Crippen LogP contribution in [-0.2, 0) is 10.2 Å². The zero-order valence-corrected chi connectivity index (χ0v) is 14.9. The minimum absolute atomic E-state index is 0.0737. The molecule has 0 saturated heterocycles. The van der Waals surface area contributed by atoms with Crippen molar-refractivity contribution in [2.45, 2.75) is 61.3 Å². The second kappa shape index (κ2) is 5.50. The van der Waals surface area contributed by atoms with Gasteiger partial charge in [0.05, 0.1) is 5.25 Å². The van der Waals surface area contributed by atoms with Gasteiger partial charge in [0.15, 0.2) is 0 Å². The number of amides is 1. The molecule has 6 heteroatoms. The van der Waals surface area contributed by atoms with Crippen molar-refractivity contribution in [1.82, 2.24) is 15.1 Å². The molecule has 1 aromatic rings. The molecule has 0 spiro atoms. The highest BCUT2D eigenvalue weighted by Gasteiger charge is 2.54. The van der Waals surface area contributed by atoms with Gasteiger partial charge in [0.1, 0.15) is 0 Å². The Kier molecular flexibility index (Phi) is 3.70. The van der Waals surface area contributed by atoms with E-state index in [4.69, 9.17) is 4.42 Å². The second-order valence-electron chi connectivity index (χ2n) is 8.06. The van der Waals surface area contributed by atoms with Crippen molar-refractivity contribution in [3.63, 3.8) is 0 Å². The molecule has 0 N–H and O–H groups in total. The van der Waals surface area contributed by atoms with Crippen molar-refractivity contribution in [3.05, 3.63) is 5.89 Å². The van der Waals surface area contributed by atoms with Crippen LogP contribution in [0.15, 0.2) is 9.64 Å². The fourth-order valence-electron chi connectivity index (χ4n) is 5.41. The maximum Gasteiger partial charge on any atom is 0.277 e. The first kappa shape index (κ1) is 15.5. The standard InChI is InChI=1S/C17H25N3O2S/c1-10(14(21)20(2)3)23-16-19-18-15(22-16)17-7-11-4-12(8-17)6-13(5-11)9-17/h10-13H,4-9H2,1-3H3/t10-,11?,12?,13?,17?/m0/s1. The lowest BCUT2D eigenvalue weighted by atomic mass is 9.49. The predicted molar refractivity (Wildman–Crippen MR) is 88.2 cm³/mol. The van der Waals surface area contributed by atoms with Crippen LogP contribution in [0.5, 0.6) is 0 Å². The number of rotatable bonds is 4. The highest BCUT2D eigenvalue weighted by Crippen LogP contribution is 2.60. The van der Waals surface area contributed by atoms with Crippen LogP contribution >= 0.6 is 11.8 Å². The van der Waals surface area contributed by atoms with E-state index in [9.17, 15) is 4.79 Å². The molecule has 5 nitrogen and oxygen atoms in total. The number of nitrogens with zero attached hydrogens (tertiary/aromatic N) is 3. The summed E-state index contributed by atoms with van der Waals surface area (Å²) in [7, 11) is 3.54. The van der Waals surface area contributed by atoms with E-state index in [1.54, 1.807) is 19.0 Å². The lowest BCUT2D eigenvalue weighted by Crippen LogP contribution is -2.48. The Bertz CT molecular complexity index is 577. The molecular weight excluding hydrogens is 310 g/mol. The van der Waals surface area contributed by atoms with Gasteiger partial charge in [-0.1, -0.05) is 11.8 Å². The third-order valence-corrected chi connectivity index (χ3v) is 6.89. The molecule has 1 heterocycles. The molecule has 4 aliphatic carbocycles. The maximum absolute atomic E-state index is 12.0. The Labute approximate surface area is 141 Å². The molecule has 5 rings (SSSR count). The SMILES string of the molecule is C[C@H](Sc1nnc(C23CC4CC(CC(C4)C2)C3)o1)C(=O)N(C)C. The third kappa shape index (κ3) is 2.69. The van der Waals surface area contributed by atoms with Gasteiger partial charge in [-0.3, -0.25) is 4.79 Å². The zero-order chi connectivity index (χ0) is 16.2. The summed E-state index contributed by atoms with van der Waals surface area (Å²) in [5.74, 6) is 3.49. The summed E-state index contributed by atoms with van der Waals surface area (Å²) in [6, 6.07) is 0. The average molecular weight is 335 g/mol. The van der Waals surface area contributed by atoms with Crippen molar-refractivity contribution in [1.29, 1.82) is 0 Å². The minimum Gasteiger partial charge on any atom is -0.415 e. The van der Waals surface area contributed by atoms with Gasteiger partial charge in [-0.05, 0) is 63.2 Å². The summed E-state index contributed by atoms with van der Waals surface area (Å²) < 4.78 is 6.04. The van der Waals surface area contributed by atoms with Crippen LogP contribution in [0.2, 0.25) is 0 Å². The molecule has 4 aliphatic rings. The van der Waals surface area contributed by atoms with Crippen molar-refractivity contribution < 1.29 is 9.21 Å². The van der Waals surface area contributed by atoms with Crippen LogP contribution in [0, 0.1) is 17.8 Å². The number of thioether (sulfide) groups is 1. The van der Waals surface area contributed by atoms with Gasteiger partial charge < -0.3 is 9.32 Å². The molecule has 1 amide bonds. The van der Waals surface area contributed by atoms with Crippen molar-refractivity contribution >= 4 is 17.7 Å². The Hall–Kier alpha value is -1.04. The van der Waals surface area contributed by atoms with E-state index < -0.39 is 0 Å². The first-order valence-corrected chi connectivity index (χ1v) is 9.55. The topological polar surface area (TPSA) is 59.2 Å². The molecule has 4 bridgehead atoms. The lowest BCUT2D eigenvalue weighted by Gasteiger charge is -2.55. The number of hydrogen-bond acceptors (Lipinski definition) is 5. The van der Waals surface area contributed by atoms with Gasteiger partial charge in [0.25, 0.3) is 5.22 Å². The van der Waals surface area contributed by atoms with Gasteiger partial charge >= 0.3 is 0 Å². The summed E-state index contributed by atoms with van der Waals surface area (Å²) >= 11 is 1.37. The Morgan fingerprint density at radius 1 is 1.17 bits per heavy atom. The second-order valence-corrected chi connectivity index (χ2v) is 9.36. The van der Waals surface area contributed by atoms with E-state index in [1.165, 1.54) is 50.3 Å². The van der Waals surface area contributed by atoms with Crippen molar-refractivity contribution in [2.24, 2.45) is 17.8 Å². The highest BCUT2D eigenvalue weighted by molar-refractivity contribution is 8.00. The number of hydrogen-bond donors (Lipinski definition) is 0. The van der Waals surface area contributed by atoms with Crippen LogP contribution in [-0.4, -0.2) is 40.3 Å². The summed E-state index contributed by atoms with van der Waals surface area (Å²) in [6.07, 6.45) is 7.88. The number of carbonyl (C=O) groups excluding carboxylic acids is 1. The summed E-state index contributed by atoms with van der Waals surface area (Å²) in [6.45, 7) is 1.89. The third-order valence-electron chi connectivity index (χ3n) is 5.96.